The van der Waals surface area contributed by atoms with E-state index in [1.54, 1.807) is 6.92 Å². The lowest BCUT2D eigenvalue weighted by Crippen LogP contribution is -2.01. The highest BCUT2D eigenvalue weighted by Crippen LogP contribution is 2.25. The monoisotopic (exact) mass is 236 g/mol. The van der Waals surface area contributed by atoms with Crippen LogP contribution < -0.4 is 0 Å². The van der Waals surface area contributed by atoms with E-state index in [9.17, 15) is 9.18 Å². The van der Waals surface area contributed by atoms with E-state index in [0.717, 1.165) is 6.07 Å². The zero-order valence-electron chi connectivity index (χ0n) is 8.98. The van der Waals surface area contributed by atoms with Gasteiger partial charge in [-0.1, -0.05) is 12.1 Å². The average molecular weight is 236 g/mol. The summed E-state index contributed by atoms with van der Waals surface area (Å²) in [6.45, 7) is 1.76. The second-order valence-corrected chi connectivity index (χ2v) is 3.36. The molecule has 2 heterocycles. The third-order valence-electron chi connectivity index (χ3n) is 2.30. The maximum absolute atomic E-state index is 12.7. The first-order valence-corrected chi connectivity index (χ1v) is 4.97. The lowest BCUT2D eigenvalue weighted by atomic mass is 10.1. The van der Waals surface area contributed by atoms with Gasteiger partial charge in [-0.2, -0.15) is 4.39 Å². The lowest BCUT2D eigenvalue weighted by molar-refractivity contribution is 0.0695. The Morgan fingerprint density at radius 2 is 2.29 bits per heavy atom. The number of carboxylic acids is 1. The van der Waals surface area contributed by atoms with Crippen molar-refractivity contribution in [3.8, 4) is 11.3 Å². The molecule has 0 saturated heterocycles. The number of hydrogen-bond donors (Lipinski definition) is 1. The van der Waals surface area contributed by atoms with Crippen molar-refractivity contribution in [1.82, 2.24) is 10.1 Å². The Morgan fingerprint density at radius 1 is 1.53 bits per heavy atom. The molecule has 0 fully saturated rings. The second kappa shape index (κ2) is 4.32. The van der Waals surface area contributed by atoms with Crippen LogP contribution in [0.1, 0.15) is 23.0 Å². The molecule has 88 valence electrons. The number of nitrogens with zero attached hydrogens (tertiary/aromatic N) is 2. The molecule has 2 aromatic rings. The molecule has 0 saturated carbocycles. The molecule has 6 heteroatoms. The van der Waals surface area contributed by atoms with Crippen LogP contribution >= 0.6 is 0 Å². The van der Waals surface area contributed by atoms with Crippen molar-refractivity contribution in [1.29, 1.82) is 0 Å². The van der Waals surface area contributed by atoms with Gasteiger partial charge in [0.1, 0.15) is 11.3 Å². The van der Waals surface area contributed by atoms with Gasteiger partial charge in [0.25, 0.3) is 0 Å². The third kappa shape index (κ3) is 2.01. The molecule has 2 aromatic heterocycles. The molecule has 0 unspecified atom stereocenters. The van der Waals surface area contributed by atoms with Gasteiger partial charge in [-0.25, -0.2) is 9.78 Å². The Kier molecular flexibility index (Phi) is 2.86. The molecule has 0 aromatic carbocycles. The first-order chi connectivity index (χ1) is 8.13. The van der Waals surface area contributed by atoms with Crippen LogP contribution in [0.4, 0.5) is 4.39 Å². The van der Waals surface area contributed by atoms with Gasteiger partial charge in [-0.3, -0.25) is 0 Å². The van der Waals surface area contributed by atoms with Gasteiger partial charge in [-0.15, -0.1) is 0 Å². The fraction of sp³-hybridized carbons (Fsp3) is 0.182. The van der Waals surface area contributed by atoms with E-state index >= 15 is 0 Å². The fourth-order valence-corrected chi connectivity index (χ4v) is 1.50. The number of aryl methyl sites for hydroxylation is 1. The first-order valence-electron chi connectivity index (χ1n) is 4.97. The molecule has 0 spiro atoms. The van der Waals surface area contributed by atoms with E-state index in [1.807, 2.05) is 0 Å². The molecule has 5 nitrogen and oxygen atoms in total. The van der Waals surface area contributed by atoms with Crippen molar-refractivity contribution >= 4 is 5.97 Å². The molecular weight excluding hydrogens is 227 g/mol. The van der Waals surface area contributed by atoms with Crippen molar-refractivity contribution in [3.05, 3.63) is 35.6 Å². The summed E-state index contributed by atoms with van der Waals surface area (Å²) in [6.07, 6.45) is 1.64. The minimum absolute atomic E-state index is 0.000841. The Labute approximate surface area is 95.9 Å². The molecule has 0 radical (unpaired) electrons. The minimum atomic E-state index is -1.12. The summed E-state index contributed by atoms with van der Waals surface area (Å²) in [5, 5.41) is 12.8. The number of carboxylic acid groups (broad SMARTS) is 1. The predicted octanol–water partition coefficient (Wildman–Crippen LogP) is 2.14. The van der Waals surface area contributed by atoms with Crippen LogP contribution in [0.2, 0.25) is 0 Å². The van der Waals surface area contributed by atoms with Crippen molar-refractivity contribution in [2.24, 2.45) is 0 Å². The van der Waals surface area contributed by atoms with Crippen molar-refractivity contribution in [3.63, 3.8) is 0 Å². The second-order valence-electron chi connectivity index (χ2n) is 3.36. The van der Waals surface area contributed by atoms with Crippen molar-refractivity contribution in [2.75, 3.05) is 0 Å². The number of aromatic carboxylic acids is 1. The van der Waals surface area contributed by atoms with Crippen LogP contribution in [0.5, 0.6) is 0 Å². The van der Waals surface area contributed by atoms with E-state index in [-0.39, 0.29) is 17.0 Å². The topological polar surface area (TPSA) is 76.2 Å². The smallest absolute Gasteiger partial charge is 0.341 e. The highest BCUT2D eigenvalue weighted by Gasteiger charge is 2.22. The Hall–Kier alpha value is -2.24. The first kappa shape index (κ1) is 11.3. The van der Waals surface area contributed by atoms with Gasteiger partial charge in [0.2, 0.25) is 5.95 Å². The van der Waals surface area contributed by atoms with Crippen molar-refractivity contribution in [2.45, 2.75) is 13.3 Å². The Morgan fingerprint density at radius 3 is 2.82 bits per heavy atom. The maximum atomic E-state index is 12.7. The molecule has 0 atom stereocenters. The Bertz CT molecular complexity index is 548. The van der Waals surface area contributed by atoms with Gasteiger partial charge in [-0.05, 0) is 12.1 Å². The number of hydrogen-bond acceptors (Lipinski definition) is 4. The highest BCUT2D eigenvalue weighted by molar-refractivity contribution is 5.95. The van der Waals surface area contributed by atoms with E-state index in [2.05, 4.69) is 10.1 Å². The molecule has 0 aliphatic heterocycles. The van der Waals surface area contributed by atoms with Gasteiger partial charge in [0, 0.05) is 18.2 Å². The van der Waals surface area contributed by atoms with Crippen LogP contribution in [0.15, 0.2) is 22.9 Å². The molecule has 1 N–H and O–H groups in total. The molecule has 0 bridgehead atoms. The van der Waals surface area contributed by atoms with E-state index < -0.39 is 11.9 Å². The average Bonchev–Trinajstić information content (AvgIpc) is 2.73. The zero-order valence-corrected chi connectivity index (χ0v) is 8.98. The molecule has 0 aliphatic carbocycles. The summed E-state index contributed by atoms with van der Waals surface area (Å²) in [7, 11) is 0. The summed E-state index contributed by atoms with van der Waals surface area (Å²) >= 11 is 0. The standard InChI is InChI=1S/C11H9FN2O3/c1-2-7-9(11(15)16)10(14-17-7)6-3-4-8(12)13-5-6/h3-5H,2H2,1H3,(H,15,16). The molecule has 17 heavy (non-hydrogen) atoms. The molecular formula is C11H9FN2O3. The largest absolute Gasteiger partial charge is 0.477 e. The van der Waals surface area contributed by atoms with Gasteiger partial charge >= 0.3 is 5.97 Å². The van der Waals surface area contributed by atoms with Crippen LogP contribution in [0.3, 0.4) is 0 Å². The summed E-state index contributed by atoms with van der Waals surface area (Å²) in [4.78, 5) is 14.6. The zero-order chi connectivity index (χ0) is 12.4. The quantitative estimate of drug-likeness (QED) is 0.826. The number of rotatable bonds is 3. The number of pyridine rings is 1. The Balaban J connectivity index is 2.55. The summed E-state index contributed by atoms with van der Waals surface area (Å²) in [6, 6.07) is 2.55. The molecule has 0 aliphatic rings. The number of aromatic nitrogens is 2. The number of carbonyl (C=O) groups is 1. The van der Waals surface area contributed by atoms with E-state index in [0.29, 0.717) is 12.0 Å². The third-order valence-corrected chi connectivity index (χ3v) is 2.30. The predicted molar refractivity (Wildman–Crippen MR) is 56.0 cm³/mol. The minimum Gasteiger partial charge on any atom is -0.477 e. The van der Waals surface area contributed by atoms with E-state index in [4.69, 9.17) is 9.63 Å². The maximum Gasteiger partial charge on any atom is 0.341 e. The fourth-order valence-electron chi connectivity index (χ4n) is 1.50. The lowest BCUT2D eigenvalue weighted by Gasteiger charge is -1.97. The number of halogens is 1. The van der Waals surface area contributed by atoms with Crippen LogP contribution in [0, 0.1) is 5.95 Å². The van der Waals surface area contributed by atoms with Crippen LogP contribution in [-0.4, -0.2) is 21.2 Å². The van der Waals surface area contributed by atoms with Gasteiger partial charge < -0.3 is 9.63 Å². The summed E-state index contributed by atoms with van der Waals surface area (Å²) in [5.41, 5.74) is 0.579. The molecule has 2 rings (SSSR count). The SMILES string of the molecule is CCc1onc(-c2ccc(F)nc2)c1C(=O)O. The summed E-state index contributed by atoms with van der Waals surface area (Å²) in [5.74, 6) is -1.47. The van der Waals surface area contributed by atoms with Crippen LogP contribution in [-0.2, 0) is 6.42 Å². The normalized spacial score (nSPS) is 10.5. The molecule has 0 amide bonds. The van der Waals surface area contributed by atoms with Crippen LogP contribution in [0.25, 0.3) is 11.3 Å². The van der Waals surface area contributed by atoms with Crippen molar-refractivity contribution < 1.29 is 18.8 Å². The van der Waals surface area contributed by atoms with E-state index in [1.165, 1.54) is 12.3 Å². The highest BCUT2D eigenvalue weighted by atomic mass is 19.1. The van der Waals surface area contributed by atoms with Gasteiger partial charge in [0.15, 0.2) is 5.76 Å². The summed E-state index contributed by atoms with van der Waals surface area (Å²) < 4.78 is 17.6. The van der Waals surface area contributed by atoms with Gasteiger partial charge in [0.05, 0.1) is 0 Å².